The fourth-order valence-electron chi connectivity index (χ4n) is 2.97. The molecule has 3 N–H and O–H groups in total. The molecule has 1 aromatic heterocycles. The van der Waals surface area contributed by atoms with Crippen LogP contribution in [0.25, 0.3) is 0 Å². The van der Waals surface area contributed by atoms with Crippen LogP contribution < -0.4 is 5.32 Å². The highest BCUT2D eigenvalue weighted by atomic mass is 32.2. The molecule has 1 fully saturated rings. The van der Waals surface area contributed by atoms with Gasteiger partial charge in [-0.15, -0.1) is 17.7 Å². The van der Waals surface area contributed by atoms with E-state index in [0.29, 0.717) is 11.3 Å². The maximum Gasteiger partial charge on any atom is 0.352 e. The number of allylic oxidation sites excluding steroid dienone is 2. The van der Waals surface area contributed by atoms with Crippen molar-refractivity contribution < 1.29 is 38.6 Å². The Balaban J connectivity index is 1.78. The molecule has 0 saturated carbocycles. The van der Waals surface area contributed by atoms with Gasteiger partial charge in [0.05, 0.1) is 6.26 Å². The second-order valence-corrected chi connectivity index (χ2v) is 7.46. The predicted molar refractivity (Wildman–Crippen MR) is 111 cm³/mol. The number of rotatable bonds is 8. The molecule has 0 spiro atoms. The number of hydrogen-bond acceptors (Lipinski definition) is 8. The number of amides is 2. The fourth-order valence-corrected chi connectivity index (χ4v) is 4.29. The Morgan fingerprint density at radius 3 is 2.84 bits per heavy atom. The molecule has 0 radical (unpaired) electrons. The van der Waals surface area contributed by atoms with Gasteiger partial charge in [-0.3, -0.25) is 14.5 Å². The summed E-state index contributed by atoms with van der Waals surface area (Å²) in [5.41, 5.74) is -0.0956. The molecular weight excluding hydrogens is 442 g/mol. The lowest BCUT2D eigenvalue weighted by Crippen LogP contribution is -2.71. The highest BCUT2D eigenvalue weighted by Gasteiger charge is 2.54. The summed E-state index contributed by atoms with van der Waals surface area (Å²) in [4.78, 5) is 53.6. The van der Waals surface area contributed by atoms with Crippen LogP contribution >= 0.6 is 11.8 Å². The van der Waals surface area contributed by atoms with Crippen molar-refractivity contribution in [3.05, 3.63) is 47.6 Å². The molecule has 12 heteroatoms. The minimum absolute atomic E-state index is 0.00314. The van der Waals surface area contributed by atoms with Crippen molar-refractivity contribution in [2.24, 2.45) is 5.16 Å². The normalized spacial score (nSPS) is 20.2. The average Bonchev–Trinajstić information content (AvgIpc) is 3.28. The van der Waals surface area contributed by atoms with E-state index in [-0.39, 0.29) is 17.2 Å². The van der Waals surface area contributed by atoms with Crippen LogP contribution in [0.2, 0.25) is 0 Å². The van der Waals surface area contributed by atoms with Gasteiger partial charge >= 0.3 is 11.9 Å². The summed E-state index contributed by atoms with van der Waals surface area (Å²) in [6.45, 7) is 0.860. The van der Waals surface area contributed by atoms with Crippen molar-refractivity contribution in [1.82, 2.24) is 10.2 Å². The topological polar surface area (TPSA) is 159 Å². The van der Waals surface area contributed by atoms with Gasteiger partial charge in [-0.1, -0.05) is 11.1 Å². The second-order valence-electron chi connectivity index (χ2n) is 6.35. The van der Waals surface area contributed by atoms with Crippen LogP contribution in [0.15, 0.2) is 51.4 Å². The van der Waals surface area contributed by atoms with E-state index in [1.54, 1.807) is 13.0 Å². The van der Waals surface area contributed by atoms with Gasteiger partial charge in [0.2, 0.25) is 12.3 Å². The van der Waals surface area contributed by atoms with Gasteiger partial charge in [0.25, 0.3) is 11.8 Å². The minimum Gasteiger partial charge on any atom is -0.479 e. The first-order valence-electron chi connectivity index (χ1n) is 9.11. The van der Waals surface area contributed by atoms with E-state index in [9.17, 15) is 24.3 Å². The summed E-state index contributed by atoms with van der Waals surface area (Å²) in [5, 5.41) is 23.7. The van der Waals surface area contributed by atoms with Crippen molar-refractivity contribution >= 4 is 41.2 Å². The van der Waals surface area contributed by atoms with Crippen LogP contribution in [0.1, 0.15) is 12.7 Å². The number of furan rings is 1. The Labute approximate surface area is 185 Å². The first-order valence-corrected chi connectivity index (χ1v) is 10.2. The van der Waals surface area contributed by atoms with E-state index >= 15 is 0 Å². The van der Waals surface area contributed by atoms with Gasteiger partial charge in [0.1, 0.15) is 17.1 Å². The molecule has 32 heavy (non-hydrogen) atoms. The Morgan fingerprint density at radius 2 is 2.22 bits per heavy atom. The van der Waals surface area contributed by atoms with Crippen LogP contribution in [-0.4, -0.2) is 68.4 Å². The van der Waals surface area contributed by atoms with Crippen LogP contribution in [0.5, 0.6) is 0 Å². The maximum absolute atomic E-state index is 12.7. The monoisotopic (exact) mass is 459 g/mol. The molecule has 1 saturated heterocycles. The van der Waals surface area contributed by atoms with Crippen LogP contribution in [0, 0.1) is 11.8 Å². The zero-order valence-corrected chi connectivity index (χ0v) is 17.4. The first kappa shape index (κ1) is 22.7. The lowest BCUT2D eigenvalue weighted by molar-refractivity contribution is -0.150. The van der Waals surface area contributed by atoms with Crippen molar-refractivity contribution in [1.29, 1.82) is 0 Å². The zero-order chi connectivity index (χ0) is 23.3. The molecule has 0 aromatic carbocycles. The summed E-state index contributed by atoms with van der Waals surface area (Å²) in [7, 11) is 0. The van der Waals surface area contributed by atoms with Crippen LogP contribution in [0.3, 0.4) is 0 Å². The number of fused-ring (bicyclic) bond motifs is 1. The number of aliphatic carboxylic acids is 2. The molecule has 0 unspecified atom stereocenters. The Kier molecular flexibility index (Phi) is 7.01. The number of hydrogen-bond donors (Lipinski definition) is 3. The third kappa shape index (κ3) is 4.68. The summed E-state index contributed by atoms with van der Waals surface area (Å²) in [6, 6.07) is 1.89. The molecule has 11 nitrogen and oxygen atoms in total. The van der Waals surface area contributed by atoms with Gasteiger partial charge in [-0.25, -0.2) is 9.59 Å². The maximum atomic E-state index is 12.7. The number of nitrogens with zero attached hydrogens (tertiary/aromatic N) is 2. The number of β-lactam (4-membered cyclic amide) rings is 1. The van der Waals surface area contributed by atoms with E-state index in [1.165, 1.54) is 36.2 Å². The Morgan fingerprint density at radius 1 is 1.44 bits per heavy atom. The van der Waals surface area contributed by atoms with Crippen molar-refractivity contribution in [3.8, 4) is 11.8 Å². The number of carboxylic acid groups (broad SMARTS) is 2. The Bertz CT molecular complexity index is 1090. The summed E-state index contributed by atoms with van der Waals surface area (Å²) < 4.78 is 5.13. The molecule has 3 heterocycles. The minimum atomic E-state index is -1.29. The summed E-state index contributed by atoms with van der Waals surface area (Å²) in [6.07, 6.45) is 4.33. The molecule has 1 aromatic rings. The fraction of sp³-hybridized carbons (Fsp3) is 0.250. The number of carboxylic acids is 2. The highest BCUT2D eigenvalue weighted by molar-refractivity contribution is 8.00. The zero-order valence-electron chi connectivity index (χ0n) is 16.6. The number of carbonyl (C=O) groups is 4. The third-order valence-electron chi connectivity index (χ3n) is 4.31. The molecule has 2 aliphatic rings. The number of oxime groups is 1. The molecule has 2 amide bonds. The van der Waals surface area contributed by atoms with Gasteiger partial charge in [0, 0.05) is 5.75 Å². The quantitative estimate of drug-likeness (QED) is 0.216. The molecular formula is C20H17N3O8S. The lowest BCUT2D eigenvalue weighted by atomic mass is 10.0. The van der Waals surface area contributed by atoms with Crippen LogP contribution in [0.4, 0.5) is 0 Å². The molecule has 2 aliphatic heterocycles. The second kappa shape index (κ2) is 9.88. The standard InChI is InChI=1S/C20H17N3O8S/c1-2-3-4-6-11-10-32-19-15(18(27)23(19)16(11)20(28)29)21-17(26)14(12-7-5-8-30-12)22-31-9-13(24)25/h4-8,15,19H,9-10H2,1H3,(H,21,26)(H,24,25)(H,28,29)/t15-,19-/m1/s1. The van der Waals surface area contributed by atoms with Crippen molar-refractivity contribution in [2.75, 3.05) is 12.4 Å². The van der Waals surface area contributed by atoms with E-state index in [4.69, 9.17) is 9.52 Å². The van der Waals surface area contributed by atoms with E-state index in [0.717, 1.165) is 4.90 Å². The summed E-state index contributed by atoms with van der Waals surface area (Å²) >= 11 is 1.28. The van der Waals surface area contributed by atoms with Crippen molar-refractivity contribution in [2.45, 2.75) is 18.3 Å². The highest BCUT2D eigenvalue weighted by Crippen LogP contribution is 2.40. The summed E-state index contributed by atoms with van der Waals surface area (Å²) in [5.74, 6) is 1.66. The number of thioether (sulfide) groups is 1. The third-order valence-corrected chi connectivity index (χ3v) is 5.61. The van der Waals surface area contributed by atoms with Crippen molar-refractivity contribution in [3.63, 3.8) is 0 Å². The largest absolute Gasteiger partial charge is 0.479 e. The molecule has 0 aliphatic carbocycles. The van der Waals surface area contributed by atoms with Gasteiger partial charge in [-0.05, 0) is 36.8 Å². The van der Waals surface area contributed by atoms with E-state index in [1.807, 2.05) is 0 Å². The number of nitrogens with one attached hydrogen (secondary N) is 1. The van der Waals surface area contributed by atoms with Crippen LogP contribution in [-0.2, 0) is 24.0 Å². The van der Waals surface area contributed by atoms with Gasteiger partial charge in [-0.2, -0.15) is 0 Å². The van der Waals surface area contributed by atoms with Gasteiger partial charge < -0.3 is 24.8 Å². The lowest BCUT2D eigenvalue weighted by Gasteiger charge is -2.49. The van der Waals surface area contributed by atoms with E-state index in [2.05, 4.69) is 27.2 Å². The first-order chi connectivity index (χ1) is 15.3. The smallest absolute Gasteiger partial charge is 0.352 e. The molecule has 0 bridgehead atoms. The molecule has 3 rings (SSSR count). The average molecular weight is 459 g/mol. The SMILES string of the molecule is CC#CC=CC1=C(C(=O)O)N2C(=O)[C@@H](NC(=O)C(=NOCC(=O)O)c3ccco3)[C@H]2SC1. The predicted octanol–water partition coefficient (Wildman–Crippen LogP) is 0.403. The molecule has 2 atom stereocenters. The Hall–Kier alpha value is -3.98. The van der Waals surface area contributed by atoms with Gasteiger partial charge in [0.15, 0.2) is 5.76 Å². The van der Waals surface area contributed by atoms with E-state index < -0.39 is 41.8 Å². The number of carbonyl (C=O) groups excluding carboxylic acids is 2. The molecule has 166 valence electrons.